The van der Waals surface area contributed by atoms with Crippen LogP contribution in [0.25, 0.3) is 0 Å². The van der Waals surface area contributed by atoms with E-state index < -0.39 is 5.54 Å². The van der Waals surface area contributed by atoms with Crippen molar-refractivity contribution in [1.29, 1.82) is 0 Å². The van der Waals surface area contributed by atoms with E-state index >= 15 is 0 Å². The molecule has 2 rings (SSSR count). The molecule has 0 radical (unpaired) electrons. The van der Waals surface area contributed by atoms with Crippen LogP contribution in [0.15, 0.2) is 48.5 Å². The van der Waals surface area contributed by atoms with Crippen LogP contribution in [0, 0.1) is 0 Å². The second-order valence-electron chi connectivity index (χ2n) is 5.46. The Labute approximate surface area is 121 Å². The van der Waals surface area contributed by atoms with Crippen LogP contribution in [-0.2, 0) is 18.4 Å². The summed E-state index contributed by atoms with van der Waals surface area (Å²) < 4.78 is 5.41. The van der Waals surface area contributed by atoms with Crippen LogP contribution in [0.5, 0.6) is 5.75 Å². The van der Waals surface area contributed by atoms with Gasteiger partial charge in [-0.1, -0.05) is 49.4 Å². The Morgan fingerprint density at radius 3 is 2.30 bits per heavy atom. The highest BCUT2D eigenvalue weighted by Crippen LogP contribution is 2.27. The molecular weight excluding hydrogens is 246 g/mol. The summed E-state index contributed by atoms with van der Waals surface area (Å²) in [6.07, 6.45) is 1.80. The molecule has 0 amide bonds. The van der Waals surface area contributed by atoms with Gasteiger partial charge in [0, 0.05) is 5.54 Å². The van der Waals surface area contributed by atoms with Gasteiger partial charge in [0.2, 0.25) is 0 Å². The monoisotopic (exact) mass is 269 g/mol. The quantitative estimate of drug-likeness (QED) is 0.898. The summed E-state index contributed by atoms with van der Waals surface area (Å²) in [7, 11) is 1.70. The third-order valence-corrected chi connectivity index (χ3v) is 3.77. The summed E-state index contributed by atoms with van der Waals surface area (Å²) in [4.78, 5) is 0. The number of hydrogen-bond donors (Lipinski definition) is 1. The minimum atomic E-state index is -0.402. The Balaban J connectivity index is 2.25. The van der Waals surface area contributed by atoms with Gasteiger partial charge in [-0.2, -0.15) is 0 Å². The predicted molar refractivity (Wildman–Crippen MR) is 84.1 cm³/mol. The van der Waals surface area contributed by atoms with Gasteiger partial charge in [-0.25, -0.2) is 0 Å². The van der Waals surface area contributed by atoms with E-state index in [1.54, 1.807) is 7.11 Å². The van der Waals surface area contributed by atoms with Crippen molar-refractivity contribution in [3.8, 4) is 5.75 Å². The molecule has 0 heterocycles. The predicted octanol–water partition coefficient (Wildman–Crippen LogP) is 3.67. The summed E-state index contributed by atoms with van der Waals surface area (Å²) >= 11 is 0. The van der Waals surface area contributed by atoms with Crippen molar-refractivity contribution in [2.75, 3.05) is 7.11 Å². The van der Waals surface area contributed by atoms with E-state index in [0.29, 0.717) is 0 Å². The molecule has 2 nitrogen and oxygen atoms in total. The van der Waals surface area contributed by atoms with Gasteiger partial charge in [0.1, 0.15) is 5.75 Å². The normalized spacial score (nSPS) is 13.8. The van der Waals surface area contributed by atoms with Crippen molar-refractivity contribution in [3.63, 3.8) is 0 Å². The van der Waals surface area contributed by atoms with Crippen LogP contribution in [0.4, 0.5) is 0 Å². The summed E-state index contributed by atoms with van der Waals surface area (Å²) in [5.74, 6) is 0.898. The Morgan fingerprint density at radius 2 is 1.70 bits per heavy atom. The molecule has 2 heteroatoms. The lowest BCUT2D eigenvalue weighted by Gasteiger charge is -2.26. The van der Waals surface area contributed by atoms with Crippen molar-refractivity contribution in [2.24, 2.45) is 5.73 Å². The van der Waals surface area contributed by atoms with E-state index in [-0.39, 0.29) is 0 Å². The number of aryl methyl sites for hydroxylation is 1. The van der Waals surface area contributed by atoms with Gasteiger partial charge in [0.05, 0.1) is 7.11 Å². The lowest BCUT2D eigenvalue weighted by molar-refractivity contribution is 0.400. The molecule has 2 aromatic rings. The Hall–Kier alpha value is -1.80. The van der Waals surface area contributed by atoms with Crippen LogP contribution >= 0.6 is 0 Å². The number of para-hydroxylation sites is 1. The molecule has 0 spiro atoms. The van der Waals surface area contributed by atoms with Crippen molar-refractivity contribution < 1.29 is 4.74 Å². The standard InChI is InChI=1S/C18H23NO/c1-4-14-9-11-16(12-10-14)18(2,19)13-15-7-5-6-8-17(15)20-3/h5-12H,4,13,19H2,1-3H3. The second kappa shape index (κ2) is 6.10. The van der Waals surface area contributed by atoms with Gasteiger partial charge in [-0.05, 0) is 42.5 Å². The average molecular weight is 269 g/mol. The van der Waals surface area contributed by atoms with Gasteiger partial charge in [-0.15, -0.1) is 0 Å². The van der Waals surface area contributed by atoms with Crippen molar-refractivity contribution in [3.05, 3.63) is 65.2 Å². The first kappa shape index (κ1) is 14.6. The summed E-state index contributed by atoms with van der Waals surface area (Å²) in [5, 5.41) is 0. The van der Waals surface area contributed by atoms with Crippen LogP contribution < -0.4 is 10.5 Å². The fourth-order valence-corrected chi connectivity index (χ4v) is 2.47. The van der Waals surface area contributed by atoms with Gasteiger partial charge in [0.15, 0.2) is 0 Å². The summed E-state index contributed by atoms with van der Waals surface area (Å²) in [6.45, 7) is 4.23. The molecule has 2 aromatic carbocycles. The SMILES string of the molecule is CCc1ccc(C(C)(N)Cc2ccccc2OC)cc1. The van der Waals surface area contributed by atoms with E-state index in [0.717, 1.165) is 29.7 Å². The van der Waals surface area contributed by atoms with Gasteiger partial charge < -0.3 is 10.5 Å². The smallest absolute Gasteiger partial charge is 0.122 e. The zero-order chi connectivity index (χ0) is 14.6. The maximum absolute atomic E-state index is 6.53. The lowest BCUT2D eigenvalue weighted by Crippen LogP contribution is -2.35. The maximum atomic E-state index is 6.53. The third-order valence-electron chi connectivity index (χ3n) is 3.77. The van der Waals surface area contributed by atoms with Crippen molar-refractivity contribution >= 4 is 0 Å². The van der Waals surface area contributed by atoms with E-state index in [9.17, 15) is 0 Å². The van der Waals surface area contributed by atoms with Crippen molar-refractivity contribution in [1.82, 2.24) is 0 Å². The first-order valence-corrected chi connectivity index (χ1v) is 7.07. The Bertz CT molecular complexity index is 558. The first-order valence-electron chi connectivity index (χ1n) is 7.07. The van der Waals surface area contributed by atoms with Gasteiger partial charge >= 0.3 is 0 Å². The lowest BCUT2D eigenvalue weighted by atomic mass is 9.86. The molecule has 0 aliphatic heterocycles. The molecule has 106 valence electrons. The maximum Gasteiger partial charge on any atom is 0.122 e. The van der Waals surface area contributed by atoms with Crippen molar-refractivity contribution in [2.45, 2.75) is 32.2 Å². The highest BCUT2D eigenvalue weighted by atomic mass is 16.5. The van der Waals surface area contributed by atoms with E-state index in [2.05, 4.69) is 44.2 Å². The molecule has 0 bridgehead atoms. The van der Waals surface area contributed by atoms with Gasteiger partial charge in [0.25, 0.3) is 0 Å². The van der Waals surface area contributed by atoms with E-state index in [1.807, 2.05) is 18.2 Å². The van der Waals surface area contributed by atoms with Crippen LogP contribution in [0.1, 0.15) is 30.5 Å². The average Bonchev–Trinajstić information content (AvgIpc) is 2.47. The largest absolute Gasteiger partial charge is 0.496 e. The summed E-state index contributed by atoms with van der Waals surface area (Å²) in [5.41, 5.74) is 9.75. The summed E-state index contributed by atoms with van der Waals surface area (Å²) in [6, 6.07) is 16.6. The molecule has 0 fully saturated rings. The third kappa shape index (κ3) is 3.20. The number of rotatable bonds is 5. The molecule has 1 atom stereocenters. The Kier molecular flexibility index (Phi) is 4.46. The number of hydrogen-bond acceptors (Lipinski definition) is 2. The van der Waals surface area contributed by atoms with Gasteiger partial charge in [-0.3, -0.25) is 0 Å². The molecule has 0 aliphatic carbocycles. The molecule has 0 aliphatic rings. The number of methoxy groups -OCH3 is 1. The fourth-order valence-electron chi connectivity index (χ4n) is 2.47. The molecule has 1 unspecified atom stereocenters. The minimum absolute atomic E-state index is 0.402. The fraction of sp³-hybridized carbons (Fsp3) is 0.333. The molecule has 0 saturated heterocycles. The number of benzene rings is 2. The van der Waals surface area contributed by atoms with Crippen LogP contribution in [0.2, 0.25) is 0 Å². The highest BCUT2D eigenvalue weighted by Gasteiger charge is 2.23. The Morgan fingerprint density at radius 1 is 1.05 bits per heavy atom. The van der Waals surface area contributed by atoms with E-state index in [1.165, 1.54) is 5.56 Å². The molecule has 2 N–H and O–H groups in total. The molecule has 0 saturated carbocycles. The minimum Gasteiger partial charge on any atom is -0.496 e. The topological polar surface area (TPSA) is 35.2 Å². The van der Waals surface area contributed by atoms with Crippen LogP contribution in [-0.4, -0.2) is 7.11 Å². The first-order chi connectivity index (χ1) is 9.56. The zero-order valence-electron chi connectivity index (χ0n) is 12.5. The highest BCUT2D eigenvalue weighted by molar-refractivity contribution is 5.37. The molecule has 20 heavy (non-hydrogen) atoms. The molecular formula is C18H23NO. The molecule has 0 aromatic heterocycles. The van der Waals surface area contributed by atoms with E-state index in [4.69, 9.17) is 10.5 Å². The zero-order valence-corrected chi connectivity index (χ0v) is 12.5. The number of ether oxygens (including phenoxy) is 1. The van der Waals surface area contributed by atoms with Crippen LogP contribution in [0.3, 0.4) is 0 Å². The second-order valence-corrected chi connectivity index (χ2v) is 5.46. The number of nitrogens with two attached hydrogens (primary N) is 1.